The number of nitrogens with zero attached hydrogens (tertiary/aromatic N) is 3. The van der Waals surface area contributed by atoms with Crippen molar-refractivity contribution >= 4 is 21.7 Å². The molecule has 0 aliphatic carbocycles. The molecule has 5 heteroatoms. The van der Waals surface area contributed by atoms with Crippen molar-refractivity contribution in [1.82, 2.24) is 9.97 Å². The number of fused-ring (bicyclic) bond motifs is 2. The number of aromatic nitrogens is 2. The van der Waals surface area contributed by atoms with Gasteiger partial charge in [-0.1, -0.05) is 48.5 Å². The van der Waals surface area contributed by atoms with Gasteiger partial charge < -0.3 is 9.47 Å². The highest BCUT2D eigenvalue weighted by Gasteiger charge is 2.10. The molecule has 32 heavy (non-hydrogen) atoms. The first-order valence-corrected chi connectivity index (χ1v) is 10.0. The molecule has 0 fully saturated rings. The number of hydrogen-bond donors (Lipinski definition) is 0. The molecule has 2 aromatic heterocycles. The minimum Gasteiger partial charge on any atom is -0.497 e. The van der Waals surface area contributed by atoms with Crippen molar-refractivity contribution in [2.45, 2.75) is 0 Å². The Labute approximate surface area is 186 Å². The number of para-hydroxylation sites is 1. The molecule has 5 rings (SSSR count). The number of rotatable bonds is 3. The van der Waals surface area contributed by atoms with Gasteiger partial charge >= 0.3 is 0 Å². The zero-order chi connectivity index (χ0) is 22.3. The Morgan fingerprint density at radius 3 is 2.28 bits per heavy atom. The molecule has 0 bridgehead atoms. The number of methoxy groups -OCH3 is 2. The van der Waals surface area contributed by atoms with Crippen molar-refractivity contribution in [3.8, 4) is 28.8 Å². The van der Waals surface area contributed by atoms with E-state index in [-0.39, 0.29) is 0 Å². The minimum absolute atomic E-state index is 0.605. The topological polar surface area (TPSA) is 68.0 Å². The van der Waals surface area contributed by atoms with Crippen LogP contribution in [0.4, 0.5) is 0 Å². The number of benzene rings is 3. The molecule has 0 unspecified atom stereocenters. The number of hydrogen-bond acceptors (Lipinski definition) is 5. The second-order valence-corrected chi connectivity index (χ2v) is 6.99. The summed E-state index contributed by atoms with van der Waals surface area (Å²) in [6, 6.07) is 27.7. The summed E-state index contributed by atoms with van der Waals surface area (Å²) in [5, 5.41) is 11.7. The largest absolute Gasteiger partial charge is 0.497 e. The van der Waals surface area contributed by atoms with E-state index in [0.717, 1.165) is 38.6 Å². The van der Waals surface area contributed by atoms with Crippen LogP contribution in [-0.2, 0) is 0 Å². The lowest BCUT2D eigenvalue weighted by Crippen LogP contribution is -1.92. The normalized spacial score (nSPS) is 10.2. The van der Waals surface area contributed by atoms with Gasteiger partial charge in [-0.2, -0.15) is 5.26 Å². The van der Waals surface area contributed by atoms with Gasteiger partial charge in [-0.25, -0.2) is 4.98 Å². The van der Waals surface area contributed by atoms with Crippen LogP contribution in [0.3, 0.4) is 0 Å². The minimum atomic E-state index is 0.605. The monoisotopic (exact) mass is 419 g/mol. The molecule has 0 aliphatic heterocycles. The van der Waals surface area contributed by atoms with Gasteiger partial charge in [0.05, 0.1) is 25.3 Å². The molecule has 0 N–H and O–H groups in total. The van der Waals surface area contributed by atoms with E-state index in [4.69, 9.17) is 14.7 Å². The van der Waals surface area contributed by atoms with Crippen LogP contribution < -0.4 is 9.47 Å². The molecule has 156 valence electrons. The van der Waals surface area contributed by atoms with Gasteiger partial charge in [0, 0.05) is 34.1 Å². The predicted molar refractivity (Wildman–Crippen MR) is 127 cm³/mol. The van der Waals surface area contributed by atoms with E-state index < -0.39 is 0 Å². The molecule has 0 aliphatic rings. The zero-order valence-electron chi connectivity index (χ0n) is 17.8. The van der Waals surface area contributed by atoms with Gasteiger partial charge in [0.25, 0.3) is 0 Å². The van der Waals surface area contributed by atoms with E-state index in [0.29, 0.717) is 11.4 Å². The van der Waals surface area contributed by atoms with Crippen LogP contribution in [0.25, 0.3) is 32.8 Å². The lowest BCUT2D eigenvalue weighted by molar-refractivity contribution is 0.403. The van der Waals surface area contributed by atoms with Crippen LogP contribution in [0.1, 0.15) is 5.56 Å². The van der Waals surface area contributed by atoms with Crippen LogP contribution in [-0.4, -0.2) is 24.2 Å². The Hall–Kier alpha value is -4.43. The molecule has 0 radical (unpaired) electrons. The van der Waals surface area contributed by atoms with Crippen LogP contribution >= 0.6 is 0 Å². The Morgan fingerprint density at radius 1 is 0.750 bits per heavy atom. The molecule has 5 nitrogen and oxygen atoms in total. The standard InChI is InChI=1S/C17H15NO2.C10H6N2/c1-19-13-8-9-14-15(10-13)16(11-18-17(14)20-2)12-6-4-3-5-7-12;11-6-8-5-9-3-1-2-4-10(9)12-7-8/h3-11H,1-2H3;1-5,7H. The summed E-state index contributed by atoms with van der Waals surface area (Å²) in [4.78, 5) is 8.52. The third-order valence-corrected chi connectivity index (χ3v) is 5.06. The molecule has 0 atom stereocenters. The maximum Gasteiger partial charge on any atom is 0.221 e. The van der Waals surface area contributed by atoms with Crippen molar-refractivity contribution in [3.05, 3.63) is 96.8 Å². The van der Waals surface area contributed by atoms with E-state index >= 15 is 0 Å². The average molecular weight is 419 g/mol. The first-order valence-electron chi connectivity index (χ1n) is 10.0. The molecule has 2 heterocycles. The van der Waals surface area contributed by atoms with Crippen molar-refractivity contribution < 1.29 is 9.47 Å². The zero-order valence-corrected chi connectivity index (χ0v) is 17.8. The smallest absolute Gasteiger partial charge is 0.221 e. The number of ether oxygens (including phenoxy) is 2. The third kappa shape index (κ3) is 4.35. The lowest BCUT2D eigenvalue weighted by Gasteiger charge is -2.11. The molecule has 0 amide bonds. The molecule has 0 spiro atoms. The van der Waals surface area contributed by atoms with Crippen molar-refractivity contribution in [2.24, 2.45) is 0 Å². The lowest BCUT2D eigenvalue weighted by atomic mass is 10.0. The third-order valence-electron chi connectivity index (χ3n) is 5.06. The van der Waals surface area contributed by atoms with E-state index in [2.05, 4.69) is 28.2 Å². The maximum absolute atomic E-state index is 8.61. The summed E-state index contributed by atoms with van der Waals surface area (Å²) in [7, 11) is 3.30. The Kier molecular flexibility index (Phi) is 6.24. The number of pyridine rings is 2. The highest BCUT2D eigenvalue weighted by Crippen LogP contribution is 2.34. The second kappa shape index (κ2) is 9.59. The highest BCUT2D eigenvalue weighted by molar-refractivity contribution is 5.99. The van der Waals surface area contributed by atoms with Gasteiger partial charge in [0.1, 0.15) is 11.8 Å². The first kappa shape index (κ1) is 20.8. The van der Waals surface area contributed by atoms with Crippen LogP contribution in [0, 0.1) is 11.3 Å². The Balaban J connectivity index is 0.000000174. The maximum atomic E-state index is 8.61. The van der Waals surface area contributed by atoms with E-state index in [1.807, 2.05) is 72.9 Å². The van der Waals surface area contributed by atoms with Crippen LogP contribution in [0.15, 0.2) is 91.3 Å². The fourth-order valence-electron chi connectivity index (χ4n) is 3.46. The average Bonchev–Trinajstić information content (AvgIpc) is 2.88. The highest BCUT2D eigenvalue weighted by atomic mass is 16.5. The second-order valence-electron chi connectivity index (χ2n) is 6.99. The van der Waals surface area contributed by atoms with Crippen molar-refractivity contribution in [1.29, 1.82) is 5.26 Å². The SMILES string of the molecule is COc1ccc2c(OC)ncc(-c3ccccc3)c2c1.N#Cc1cnc2ccccc2c1. The molecular formula is C27H21N3O2. The summed E-state index contributed by atoms with van der Waals surface area (Å²) >= 11 is 0. The Bertz CT molecular complexity index is 1410. The van der Waals surface area contributed by atoms with Crippen LogP contribution in [0.2, 0.25) is 0 Å². The molecule has 5 aromatic rings. The van der Waals surface area contributed by atoms with Crippen molar-refractivity contribution in [3.63, 3.8) is 0 Å². The first-order chi connectivity index (χ1) is 15.7. The quantitative estimate of drug-likeness (QED) is 0.357. The molecule has 0 saturated carbocycles. The van der Waals surface area contributed by atoms with Gasteiger partial charge in [-0.3, -0.25) is 4.98 Å². The summed E-state index contributed by atoms with van der Waals surface area (Å²) in [5.41, 5.74) is 3.73. The molecule has 3 aromatic carbocycles. The fraction of sp³-hybridized carbons (Fsp3) is 0.0741. The van der Waals surface area contributed by atoms with E-state index in [1.54, 1.807) is 20.4 Å². The number of nitriles is 1. The van der Waals surface area contributed by atoms with E-state index in [1.165, 1.54) is 0 Å². The fourth-order valence-corrected chi connectivity index (χ4v) is 3.46. The van der Waals surface area contributed by atoms with E-state index in [9.17, 15) is 0 Å². The molecular weight excluding hydrogens is 398 g/mol. The predicted octanol–water partition coefficient (Wildman–Crippen LogP) is 6.03. The van der Waals surface area contributed by atoms with Crippen LogP contribution in [0.5, 0.6) is 11.6 Å². The van der Waals surface area contributed by atoms with Gasteiger partial charge in [0.2, 0.25) is 5.88 Å². The summed E-state index contributed by atoms with van der Waals surface area (Å²) in [5.74, 6) is 1.45. The van der Waals surface area contributed by atoms with Gasteiger partial charge in [-0.05, 0) is 35.9 Å². The summed E-state index contributed by atoms with van der Waals surface area (Å²) in [6.07, 6.45) is 3.43. The van der Waals surface area contributed by atoms with Gasteiger partial charge in [0.15, 0.2) is 0 Å². The van der Waals surface area contributed by atoms with Crippen molar-refractivity contribution in [2.75, 3.05) is 14.2 Å². The summed E-state index contributed by atoms with van der Waals surface area (Å²) in [6.45, 7) is 0. The Morgan fingerprint density at radius 2 is 1.53 bits per heavy atom. The molecule has 0 saturated heterocycles. The van der Waals surface area contributed by atoms with Gasteiger partial charge in [-0.15, -0.1) is 0 Å². The summed E-state index contributed by atoms with van der Waals surface area (Å²) < 4.78 is 10.7.